The van der Waals surface area contributed by atoms with E-state index in [-0.39, 0.29) is 28.7 Å². The van der Waals surface area contributed by atoms with Crippen molar-refractivity contribution in [1.82, 2.24) is 0 Å². The van der Waals surface area contributed by atoms with E-state index in [1.165, 1.54) is 11.8 Å². The number of fused-ring (bicyclic) bond motifs is 1. The Bertz CT molecular complexity index is 774. The Morgan fingerprint density at radius 3 is 2.75 bits per heavy atom. The lowest BCUT2D eigenvalue weighted by atomic mass is 10.1. The molecular weight excluding hydrogens is 344 g/mol. The second-order valence-corrected chi connectivity index (χ2v) is 9.55. The number of hydrogen-bond donors (Lipinski definition) is 0. The molecule has 130 valence electrons. The van der Waals surface area contributed by atoms with Crippen molar-refractivity contribution in [1.29, 1.82) is 0 Å². The lowest BCUT2D eigenvalue weighted by Crippen LogP contribution is -2.38. The molecule has 2 unspecified atom stereocenters. The van der Waals surface area contributed by atoms with Crippen molar-refractivity contribution in [3.8, 4) is 0 Å². The standard InChI is InChI=1S/C17H22N2O3S2/c1-3-7-16(20)18-17-19(13-9-6-5-8-12(13)4-2)14-10-24(21,22)11-15(14)23-17/h5-6,8-9,14-15H,3-4,7,10-11H2,1-2H3. The van der Waals surface area contributed by atoms with Crippen LogP contribution in [0.1, 0.15) is 32.3 Å². The molecule has 24 heavy (non-hydrogen) atoms. The largest absolute Gasteiger partial charge is 0.315 e. The summed E-state index contributed by atoms with van der Waals surface area (Å²) in [6.07, 6.45) is 2.02. The zero-order valence-electron chi connectivity index (χ0n) is 13.9. The normalized spacial score (nSPS) is 26.8. The second kappa shape index (κ2) is 6.88. The van der Waals surface area contributed by atoms with Gasteiger partial charge in [-0.3, -0.25) is 4.79 Å². The molecule has 0 aromatic heterocycles. The topological polar surface area (TPSA) is 66.8 Å². The van der Waals surface area contributed by atoms with Gasteiger partial charge in [-0.1, -0.05) is 43.8 Å². The van der Waals surface area contributed by atoms with Crippen molar-refractivity contribution in [2.45, 2.75) is 44.4 Å². The van der Waals surface area contributed by atoms with Gasteiger partial charge in [-0.2, -0.15) is 4.99 Å². The van der Waals surface area contributed by atoms with Gasteiger partial charge in [0.05, 0.1) is 17.5 Å². The molecule has 2 heterocycles. The van der Waals surface area contributed by atoms with E-state index in [0.717, 1.165) is 24.1 Å². The number of benzene rings is 1. The summed E-state index contributed by atoms with van der Waals surface area (Å²) in [7, 11) is -3.03. The smallest absolute Gasteiger partial charge is 0.248 e. The van der Waals surface area contributed by atoms with Crippen LogP contribution in [0, 0.1) is 0 Å². The van der Waals surface area contributed by atoms with Crippen LogP contribution in [0.25, 0.3) is 0 Å². The monoisotopic (exact) mass is 366 g/mol. The number of anilines is 1. The van der Waals surface area contributed by atoms with Crippen LogP contribution in [-0.2, 0) is 21.1 Å². The maximum absolute atomic E-state index is 12.1. The minimum absolute atomic E-state index is 0.0481. The van der Waals surface area contributed by atoms with E-state index in [4.69, 9.17) is 0 Å². The highest BCUT2D eigenvalue weighted by molar-refractivity contribution is 8.16. The van der Waals surface area contributed by atoms with Gasteiger partial charge in [-0.15, -0.1) is 0 Å². The van der Waals surface area contributed by atoms with Crippen LogP contribution in [0.5, 0.6) is 0 Å². The number of thioether (sulfide) groups is 1. The first-order chi connectivity index (χ1) is 11.4. The summed E-state index contributed by atoms with van der Waals surface area (Å²) < 4.78 is 24.1. The predicted molar refractivity (Wildman–Crippen MR) is 99.5 cm³/mol. The summed E-state index contributed by atoms with van der Waals surface area (Å²) in [6, 6.07) is 7.82. The molecule has 1 aromatic rings. The molecule has 2 atom stereocenters. The molecule has 2 aliphatic rings. The van der Waals surface area contributed by atoms with Crippen molar-refractivity contribution in [2.75, 3.05) is 16.4 Å². The molecular formula is C17H22N2O3S2. The molecule has 0 radical (unpaired) electrons. The second-order valence-electron chi connectivity index (χ2n) is 6.19. The Labute approximate surface area is 147 Å². The minimum Gasteiger partial charge on any atom is -0.315 e. The molecule has 1 amide bonds. The number of carbonyl (C=O) groups excluding carboxylic acids is 1. The number of aryl methyl sites for hydroxylation is 1. The number of sulfone groups is 1. The Hall–Kier alpha value is -1.34. The van der Waals surface area contributed by atoms with Gasteiger partial charge in [-0.05, 0) is 24.5 Å². The fourth-order valence-corrected chi connectivity index (χ4v) is 7.19. The number of para-hydroxylation sites is 1. The van der Waals surface area contributed by atoms with Crippen LogP contribution >= 0.6 is 11.8 Å². The molecule has 2 fully saturated rings. The minimum atomic E-state index is -3.03. The van der Waals surface area contributed by atoms with E-state index in [1.54, 1.807) is 0 Å². The Balaban J connectivity index is 2.03. The molecule has 2 aliphatic heterocycles. The molecule has 7 heteroatoms. The first kappa shape index (κ1) is 17.5. The third kappa shape index (κ3) is 3.37. The van der Waals surface area contributed by atoms with Crippen LogP contribution < -0.4 is 4.90 Å². The maximum atomic E-state index is 12.1. The molecule has 0 spiro atoms. The highest BCUT2D eigenvalue weighted by Crippen LogP contribution is 2.42. The van der Waals surface area contributed by atoms with E-state index in [0.29, 0.717) is 11.6 Å². The highest BCUT2D eigenvalue weighted by atomic mass is 32.2. The fraction of sp³-hybridized carbons (Fsp3) is 0.529. The third-order valence-electron chi connectivity index (χ3n) is 4.38. The SMILES string of the molecule is CCCC(=O)N=C1SC2CS(=O)(=O)CC2N1c1ccccc1CC. The Kier molecular flexibility index (Phi) is 5.01. The van der Waals surface area contributed by atoms with E-state index < -0.39 is 9.84 Å². The van der Waals surface area contributed by atoms with Gasteiger partial charge < -0.3 is 4.90 Å². The number of nitrogens with zero attached hydrogens (tertiary/aromatic N) is 2. The summed E-state index contributed by atoms with van der Waals surface area (Å²) in [5.41, 5.74) is 2.11. The zero-order valence-corrected chi connectivity index (χ0v) is 15.6. The van der Waals surface area contributed by atoms with Crippen molar-refractivity contribution in [3.63, 3.8) is 0 Å². The number of carbonyl (C=O) groups is 1. The molecule has 0 aliphatic carbocycles. The Morgan fingerprint density at radius 2 is 2.04 bits per heavy atom. The lowest BCUT2D eigenvalue weighted by Gasteiger charge is -2.26. The Morgan fingerprint density at radius 1 is 1.29 bits per heavy atom. The number of rotatable bonds is 4. The number of amidine groups is 1. The van der Waals surface area contributed by atoms with Crippen LogP contribution in [0.4, 0.5) is 5.69 Å². The molecule has 0 bridgehead atoms. The van der Waals surface area contributed by atoms with E-state index in [1.807, 2.05) is 36.1 Å². The number of amides is 1. The molecule has 5 nitrogen and oxygen atoms in total. The van der Waals surface area contributed by atoms with Gasteiger partial charge >= 0.3 is 0 Å². The average Bonchev–Trinajstić information content (AvgIpc) is 2.98. The summed E-state index contributed by atoms with van der Waals surface area (Å²) in [4.78, 5) is 18.3. The van der Waals surface area contributed by atoms with Gasteiger partial charge in [0, 0.05) is 17.4 Å². The van der Waals surface area contributed by atoms with E-state index in [9.17, 15) is 13.2 Å². The van der Waals surface area contributed by atoms with Crippen LogP contribution in [0.3, 0.4) is 0 Å². The first-order valence-corrected chi connectivity index (χ1v) is 11.0. The van der Waals surface area contributed by atoms with Gasteiger partial charge in [0.15, 0.2) is 15.0 Å². The van der Waals surface area contributed by atoms with Gasteiger partial charge in [0.25, 0.3) is 0 Å². The van der Waals surface area contributed by atoms with Gasteiger partial charge in [0.2, 0.25) is 5.91 Å². The fourth-order valence-electron chi connectivity index (χ4n) is 3.27. The molecule has 0 N–H and O–H groups in total. The molecule has 3 rings (SSSR count). The third-order valence-corrected chi connectivity index (χ3v) is 7.59. The summed E-state index contributed by atoms with van der Waals surface area (Å²) in [6.45, 7) is 4.02. The molecule has 1 aromatic carbocycles. The van der Waals surface area contributed by atoms with E-state index in [2.05, 4.69) is 11.9 Å². The van der Waals surface area contributed by atoms with Crippen LogP contribution in [0.15, 0.2) is 29.3 Å². The van der Waals surface area contributed by atoms with Crippen LogP contribution in [0.2, 0.25) is 0 Å². The summed E-state index contributed by atoms with van der Waals surface area (Å²) in [5, 5.41) is 0.604. The molecule has 0 saturated carbocycles. The van der Waals surface area contributed by atoms with Crippen LogP contribution in [-0.4, -0.2) is 42.3 Å². The predicted octanol–water partition coefficient (Wildman–Crippen LogP) is 2.65. The summed E-state index contributed by atoms with van der Waals surface area (Å²) >= 11 is 1.44. The van der Waals surface area contributed by atoms with Gasteiger partial charge in [-0.25, -0.2) is 8.42 Å². The maximum Gasteiger partial charge on any atom is 0.248 e. The number of hydrogen-bond acceptors (Lipinski definition) is 4. The summed E-state index contributed by atoms with van der Waals surface area (Å²) in [5.74, 6) is 0.152. The number of aliphatic imine (C=N–C) groups is 1. The van der Waals surface area contributed by atoms with E-state index >= 15 is 0 Å². The van der Waals surface area contributed by atoms with Crippen molar-refractivity contribution in [3.05, 3.63) is 29.8 Å². The molecule has 2 saturated heterocycles. The van der Waals surface area contributed by atoms with Crippen molar-refractivity contribution in [2.24, 2.45) is 4.99 Å². The lowest BCUT2D eigenvalue weighted by molar-refractivity contribution is -0.117. The average molecular weight is 367 g/mol. The zero-order chi connectivity index (χ0) is 17.3. The van der Waals surface area contributed by atoms with Crippen molar-refractivity contribution >= 4 is 38.4 Å². The quantitative estimate of drug-likeness (QED) is 0.819. The van der Waals surface area contributed by atoms with Crippen molar-refractivity contribution < 1.29 is 13.2 Å². The van der Waals surface area contributed by atoms with Gasteiger partial charge in [0.1, 0.15) is 0 Å². The first-order valence-electron chi connectivity index (χ1n) is 8.31. The highest BCUT2D eigenvalue weighted by Gasteiger charge is 2.49.